The van der Waals surface area contributed by atoms with Gasteiger partial charge in [0.1, 0.15) is 11.9 Å². The molecule has 4 unspecified atom stereocenters. The number of rotatable bonds is 7. The Morgan fingerprint density at radius 2 is 1.89 bits per heavy atom. The van der Waals surface area contributed by atoms with E-state index < -0.39 is 34.0 Å². The standard InChI is InChI=1S/C24H37FN4O5S/c1-16(2)20-10-5-17(3)15-21(20)34-24(31)28-13-4-14-29(23(28)22(30)27-12-11-26)35(32,33)19-8-6-18(25)7-9-19/h6-9,16-17,20-21,23H,4-5,10-15,26H2,1-3H3,(H,27,30). The van der Waals surface area contributed by atoms with Gasteiger partial charge in [0.15, 0.2) is 6.17 Å². The Balaban J connectivity index is 1.90. The van der Waals surface area contributed by atoms with Crippen molar-refractivity contribution in [3.8, 4) is 0 Å². The number of nitrogens with two attached hydrogens (primary N) is 1. The third-order valence-corrected chi connectivity index (χ3v) is 8.76. The molecule has 1 aliphatic heterocycles. The number of sulfonamides is 1. The van der Waals surface area contributed by atoms with E-state index in [4.69, 9.17) is 10.5 Å². The second-order valence-corrected chi connectivity index (χ2v) is 11.7. The number of carbonyl (C=O) groups excluding carboxylic acids is 2. The summed E-state index contributed by atoms with van der Waals surface area (Å²) < 4.78 is 47.3. The molecule has 1 heterocycles. The molecule has 3 N–H and O–H groups in total. The molecule has 0 spiro atoms. The maximum absolute atomic E-state index is 13.4. The Morgan fingerprint density at radius 1 is 1.20 bits per heavy atom. The predicted molar refractivity (Wildman–Crippen MR) is 129 cm³/mol. The number of nitrogens with one attached hydrogen (secondary N) is 1. The maximum atomic E-state index is 13.4. The molecule has 2 amide bonds. The fraction of sp³-hybridized carbons (Fsp3) is 0.667. The molecule has 0 radical (unpaired) electrons. The topological polar surface area (TPSA) is 122 Å². The Morgan fingerprint density at radius 3 is 2.51 bits per heavy atom. The molecule has 1 aliphatic carbocycles. The SMILES string of the molecule is CC1CCC(C(C)C)C(OC(=O)N2CCCN(S(=O)(=O)c3ccc(F)cc3)C2C(=O)NCCN)C1. The van der Waals surface area contributed by atoms with Gasteiger partial charge < -0.3 is 15.8 Å². The normalized spacial score (nSPS) is 25.9. The Kier molecular flexibility index (Phi) is 9.11. The van der Waals surface area contributed by atoms with Crippen LogP contribution in [-0.4, -0.2) is 68.1 Å². The van der Waals surface area contributed by atoms with Crippen molar-refractivity contribution in [1.29, 1.82) is 0 Å². The minimum atomic E-state index is -4.21. The second kappa shape index (κ2) is 11.7. The molecule has 35 heavy (non-hydrogen) atoms. The van der Waals surface area contributed by atoms with Crippen molar-refractivity contribution in [3.63, 3.8) is 0 Å². The zero-order chi connectivity index (χ0) is 25.8. The first-order valence-corrected chi connectivity index (χ1v) is 13.7. The largest absolute Gasteiger partial charge is 0.446 e. The highest BCUT2D eigenvalue weighted by Crippen LogP contribution is 2.36. The second-order valence-electron chi connectivity index (χ2n) is 9.82. The molecule has 3 rings (SSSR count). The summed E-state index contributed by atoms with van der Waals surface area (Å²) >= 11 is 0. The van der Waals surface area contributed by atoms with Gasteiger partial charge in [0, 0.05) is 26.2 Å². The third-order valence-electron chi connectivity index (χ3n) is 6.89. The molecule has 1 aromatic rings. The fourth-order valence-electron chi connectivity index (χ4n) is 4.99. The molecule has 1 aromatic carbocycles. The molecule has 9 nitrogen and oxygen atoms in total. The molecule has 1 saturated heterocycles. The minimum absolute atomic E-state index is 0.0271. The van der Waals surface area contributed by atoms with Gasteiger partial charge in [-0.25, -0.2) is 17.6 Å². The summed E-state index contributed by atoms with van der Waals surface area (Å²) in [5.41, 5.74) is 5.52. The molecule has 1 saturated carbocycles. The lowest BCUT2D eigenvalue weighted by molar-refractivity contribution is -0.132. The van der Waals surface area contributed by atoms with Crippen LogP contribution in [0.4, 0.5) is 9.18 Å². The van der Waals surface area contributed by atoms with Crippen LogP contribution in [0.1, 0.15) is 46.5 Å². The van der Waals surface area contributed by atoms with E-state index in [1.54, 1.807) is 0 Å². The Labute approximate surface area is 207 Å². The Bertz CT molecular complexity index is 988. The maximum Gasteiger partial charge on any atom is 0.411 e. The van der Waals surface area contributed by atoms with Crippen molar-refractivity contribution >= 4 is 22.0 Å². The van der Waals surface area contributed by atoms with E-state index in [1.807, 2.05) is 0 Å². The van der Waals surface area contributed by atoms with Crippen molar-refractivity contribution in [3.05, 3.63) is 30.1 Å². The van der Waals surface area contributed by atoms with E-state index in [9.17, 15) is 22.4 Å². The highest BCUT2D eigenvalue weighted by Gasteiger charge is 2.45. The van der Waals surface area contributed by atoms with Gasteiger partial charge in [0.05, 0.1) is 4.90 Å². The molecule has 4 atom stereocenters. The quantitative estimate of drug-likeness (QED) is 0.579. The van der Waals surface area contributed by atoms with Crippen molar-refractivity contribution in [2.24, 2.45) is 23.5 Å². The van der Waals surface area contributed by atoms with Crippen LogP contribution in [-0.2, 0) is 19.6 Å². The molecular formula is C24H37FN4O5S. The molecule has 196 valence electrons. The summed E-state index contributed by atoms with van der Waals surface area (Å²) in [4.78, 5) is 27.6. The van der Waals surface area contributed by atoms with Crippen LogP contribution in [0.5, 0.6) is 0 Å². The number of amides is 2. The highest BCUT2D eigenvalue weighted by atomic mass is 32.2. The average Bonchev–Trinajstić information content (AvgIpc) is 2.82. The van der Waals surface area contributed by atoms with E-state index in [0.29, 0.717) is 18.3 Å². The van der Waals surface area contributed by atoms with Crippen molar-refractivity contribution in [1.82, 2.24) is 14.5 Å². The van der Waals surface area contributed by atoms with E-state index in [2.05, 4.69) is 26.1 Å². The van der Waals surface area contributed by atoms with E-state index in [0.717, 1.165) is 47.8 Å². The van der Waals surface area contributed by atoms with Gasteiger partial charge in [-0.3, -0.25) is 9.69 Å². The van der Waals surface area contributed by atoms with E-state index in [1.165, 1.54) is 4.90 Å². The van der Waals surface area contributed by atoms with Crippen molar-refractivity contribution in [2.45, 2.75) is 63.6 Å². The number of ether oxygens (including phenoxy) is 1. The molecule has 2 fully saturated rings. The predicted octanol–water partition coefficient (Wildman–Crippen LogP) is 2.52. The summed E-state index contributed by atoms with van der Waals surface area (Å²) in [5, 5.41) is 2.61. The monoisotopic (exact) mass is 512 g/mol. The first-order valence-electron chi connectivity index (χ1n) is 12.3. The van der Waals surface area contributed by atoms with Gasteiger partial charge in [-0.2, -0.15) is 4.31 Å². The van der Waals surface area contributed by atoms with Crippen LogP contribution in [0, 0.1) is 23.6 Å². The number of hydrogen-bond acceptors (Lipinski definition) is 6. The van der Waals surface area contributed by atoms with Crippen LogP contribution >= 0.6 is 0 Å². The van der Waals surface area contributed by atoms with Gasteiger partial charge in [0.25, 0.3) is 5.91 Å². The lowest BCUT2D eigenvalue weighted by Gasteiger charge is -2.43. The lowest BCUT2D eigenvalue weighted by atomic mass is 9.75. The first-order chi connectivity index (χ1) is 16.6. The summed E-state index contributed by atoms with van der Waals surface area (Å²) in [6.07, 6.45) is 0.618. The highest BCUT2D eigenvalue weighted by molar-refractivity contribution is 7.89. The third kappa shape index (κ3) is 6.31. The molecule has 0 aromatic heterocycles. The van der Waals surface area contributed by atoms with Crippen LogP contribution < -0.4 is 11.1 Å². The fourth-order valence-corrected chi connectivity index (χ4v) is 6.58. The van der Waals surface area contributed by atoms with Crippen LogP contribution in [0.15, 0.2) is 29.2 Å². The molecule has 2 aliphatic rings. The van der Waals surface area contributed by atoms with E-state index in [-0.39, 0.29) is 43.1 Å². The van der Waals surface area contributed by atoms with Crippen LogP contribution in [0.2, 0.25) is 0 Å². The van der Waals surface area contributed by atoms with Gasteiger partial charge in [0.2, 0.25) is 10.0 Å². The van der Waals surface area contributed by atoms with E-state index >= 15 is 0 Å². The minimum Gasteiger partial charge on any atom is -0.446 e. The van der Waals surface area contributed by atoms with Crippen molar-refractivity contribution in [2.75, 3.05) is 26.2 Å². The zero-order valence-corrected chi connectivity index (χ0v) is 21.5. The van der Waals surface area contributed by atoms with Gasteiger partial charge in [-0.05, 0) is 61.3 Å². The van der Waals surface area contributed by atoms with Crippen LogP contribution in [0.25, 0.3) is 0 Å². The van der Waals surface area contributed by atoms with Crippen LogP contribution in [0.3, 0.4) is 0 Å². The molecular weight excluding hydrogens is 475 g/mol. The zero-order valence-electron chi connectivity index (χ0n) is 20.7. The number of nitrogens with zero attached hydrogens (tertiary/aromatic N) is 2. The van der Waals surface area contributed by atoms with Gasteiger partial charge in [-0.1, -0.05) is 27.2 Å². The van der Waals surface area contributed by atoms with Crippen molar-refractivity contribution < 1.29 is 27.1 Å². The number of carbonyl (C=O) groups is 2. The smallest absolute Gasteiger partial charge is 0.411 e. The van der Waals surface area contributed by atoms with Gasteiger partial charge >= 0.3 is 6.09 Å². The Hall–Kier alpha value is -2.24. The number of halogens is 1. The summed E-state index contributed by atoms with van der Waals surface area (Å²) in [6.45, 7) is 6.80. The molecule has 0 bridgehead atoms. The summed E-state index contributed by atoms with van der Waals surface area (Å²) in [5.74, 6) is -0.311. The summed E-state index contributed by atoms with van der Waals surface area (Å²) in [7, 11) is -4.21. The lowest BCUT2D eigenvalue weighted by Crippen LogP contribution is -2.64. The number of hydrogen-bond donors (Lipinski definition) is 2. The molecule has 11 heteroatoms. The summed E-state index contributed by atoms with van der Waals surface area (Å²) in [6, 6.07) is 4.38. The first kappa shape index (κ1) is 27.3. The number of benzene rings is 1. The average molecular weight is 513 g/mol. The van der Waals surface area contributed by atoms with Gasteiger partial charge in [-0.15, -0.1) is 0 Å².